The molecule has 1 atom stereocenters. The second-order valence-corrected chi connectivity index (χ2v) is 5.50. The third-order valence-corrected chi connectivity index (χ3v) is 3.68. The molecule has 0 spiro atoms. The lowest BCUT2D eigenvalue weighted by Crippen LogP contribution is -2.29. The first-order chi connectivity index (χ1) is 9.10. The fraction of sp³-hybridized carbons (Fsp3) is 0.143. The van der Waals surface area contributed by atoms with E-state index in [1.165, 1.54) is 0 Å². The van der Waals surface area contributed by atoms with Gasteiger partial charge < -0.3 is 0 Å². The van der Waals surface area contributed by atoms with Gasteiger partial charge in [-0.15, -0.1) is 0 Å². The van der Waals surface area contributed by atoms with E-state index in [1.807, 2.05) is 36.4 Å². The molecule has 2 aromatic carbocycles. The fourth-order valence-electron chi connectivity index (χ4n) is 1.93. The SMILES string of the molecule is NNC(Cc1ccccc1Cl)c1cc(Cl)cc(Cl)c1. The molecule has 0 aromatic heterocycles. The van der Waals surface area contributed by atoms with Gasteiger partial charge >= 0.3 is 0 Å². The highest BCUT2D eigenvalue weighted by molar-refractivity contribution is 6.34. The molecule has 1 unspecified atom stereocenters. The lowest BCUT2D eigenvalue weighted by molar-refractivity contribution is 0.552. The number of nitrogens with two attached hydrogens (primary N) is 1. The second-order valence-electron chi connectivity index (χ2n) is 4.22. The Morgan fingerprint density at radius 1 is 1.00 bits per heavy atom. The first-order valence-electron chi connectivity index (χ1n) is 5.75. The van der Waals surface area contributed by atoms with E-state index < -0.39 is 0 Å². The van der Waals surface area contributed by atoms with Crippen molar-refractivity contribution in [3.8, 4) is 0 Å². The van der Waals surface area contributed by atoms with Gasteiger partial charge in [-0.05, 0) is 41.8 Å². The van der Waals surface area contributed by atoms with Gasteiger partial charge in [0.2, 0.25) is 0 Å². The second kappa shape index (κ2) is 6.60. The summed E-state index contributed by atoms with van der Waals surface area (Å²) < 4.78 is 0. The fourth-order valence-corrected chi connectivity index (χ4v) is 2.69. The number of hydrogen-bond acceptors (Lipinski definition) is 2. The summed E-state index contributed by atoms with van der Waals surface area (Å²) in [5, 5.41) is 1.89. The molecule has 3 N–H and O–H groups in total. The van der Waals surface area contributed by atoms with E-state index in [1.54, 1.807) is 6.07 Å². The molecule has 0 bridgehead atoms. The molecule has 0 aliphatic carbocycles. The largest absolute Gasteiger partial charge is 0.271 e. The monoisotopic (exact) mass is 314 g/mol. The maximum absolute atomic E-state index is 6.15. The zero-order chi connectivity index (χ0) is 13.8. The van der Waals surface area contributed by atoms with Crippen LogP contribution in [0.3, 0.4) is 0 Å². The standard InChI is InChI=1S/C14H13Cl3N2/c15-11-5-10(6-12(16)8-11)14(19-18)7-9-3-1-2-4-13(9)17/h1-6,8,14,19H,7,18H2. The molecule has 0 amide bonds. The molecule has 0 aliphatic heterocycles. The molecule has 5 heteroatoms. The van der Waals surface area contributed by atoms with E-state index in [-0.39, 0.29) is 6.04 Å². The first kappa shape index (κ1) is 14.6. The first-order valence-corrected chi connectivity index (χ1v) is 6.89. The summed E-state index contributed by atoms with van der Waals surface area (Å²) in [6.07, 6.45) is 0.660. The van der Waals surface area contributed by atoms with E-state index in [9.17, 15) is 0 Å². The number of benzene rings is 2. The number of hydrazine groups is 1. The molecular formula is C14H13Cl3N2. The lowest BCUT2D eigenvalue weighted by Gasteiger charge is -2.18. The average Bonchev–Trinajstić information content (AvgIpc) is 2.36. The van der Waals surface area contributed by atoms with Gasteiger partial charge in [-0.2, -0.15) is 0 Å². The van der Waals surface area contributed by atoms with E-state index in [2.05, 4.69) is 5.43 Å². The van der Waals surface area contributed by atoms with E-state index in [0.717, 1.165) is 16.1 Å². The van der Waals surface area contributed by atoms with Gasteiger partial charge in [0.05, 0.1) is 6.04 Å². The summed E-state index contributed by atoms with van der Waals surface area (Å²) in [6, 6.07) is 12.9. The molecule has 100 valence electrons. The minimum absolute atomic E-state index is 0.101. The highest BCUT2D eigenvalue weighted by Gasteiger charge is 2.13. The summed E-state index contributed by atoms with van der Waals surface area (Å²) in [7, 11) is 0. The van der Waals surface area contributed by atoms with Crippen molar-refractivity contribution in [1.82, 2.24) is 5.43 Å². The van der Waals surface area contributed by atoms with Crippen LogP contribution in [-0.2, 0) is 6.42 Å². The van der Waals surface area contributed by atoms with Gasteiger partial charge in [-0.25, -0.2) is 0 Å². The zero-order valence-corrected chi connectivity index (χ0v) is 12.3. The van der Waals surface area contributed by atoms with Crippen LogP contribution in [-0.4, -0.2) is 0 Å². The Morgan fingerprint density at radius 2 is 1.63 bits per heavy atom. The third kappa shape index (κ3) is 3.85. The van der Waals surface area contributed by atoms with Gasteiger partial charge in [0, 0.05) is 15.1 Å². The number of hydrogen-bond donors (Lipinski definition) is 2. The van der Waals surface area contributed by atoms with Crippen LogP contribution in [0.1, 0.15) is 17.2 Å². The van der Waals surface area contributed by atoms with E-state index >= 15 is 0 Å². The molecule has 0 saturated carbocycles. The van der Waals surface area contributed by atoms with Crippen molar-refractivity contribution < 1.29 is 0 Å². The molecule has 19 heavy (non-hydrogen) atoms. The van der Waals surface area contributed by atoms with Crippen molar-refractivity contribution >= 4 is 34.8 Å². The van der Waals surface area contributed by atoms with Crippen molar-refractivity contribution in [2.75, 3.05) is 0 Å². The molecule has 2 aromatic rings. The average molecular weight is 316 g/mol. The Kier molecular flexibility index (Phi) is 5.08. The maximum atomic E-state index is 6.15. The van der Waals surface area contributed by atoms with Crippen molar-refractivity contribution in [3.63, 3.8) is 0 Å². The van der Waals surface area contributed by atoms with Gasteiger partial charge in [-0.1, -0.05) is 53.0 Å². The minimum Gasteiger partial charge on any atom is -0.271 e. The highest BCUT2D eigenvalue weighted by Crippen LogP contribution is 2.27. The van der Waals surface area contributed by atoms with Gasteiger partial charge in [0.25, 0.3) is 0 Å². The Bertz CT molecular complexity index is 552. The maximum Gasteiger partial charge on any atom is 0.0501 e. The number of nitrogens with one attached hydrogen (secondary N) is 1. The third-order valence-electron chi connectivity index (χ3n) is 2.87. The van der Waals surface area contributed by atoms with Crippen LogP contribution in [0.4, 0.5) is 0 Å². The number of halogens is 3. The van der Waals surface area contributed by atoms with Gasteiger partial charge in [0.1, 0.15) is 0 Å². The molecule has 0 fully saturated rings. The molecule has 2 rings (SSSR count). The Balaban J connectivity index is 2.28. The van der Waals surface area contributed by atoms with Crippen molar-refractivity contribution in [2.24, 2.45) is 5.84 Å². The molecular weight excluding hydrogens is 303 g/mol. The van der Waals surface area contributed by atoms with Gasteiger partial charge in [-0.3, -0.25) is 11.3 Å². The van der Waals surface area contributed by atoms with Crippen LogP contribution in [0.2, 0.25) is 15.1 Å². The van der Waals surface area contributed by atoms with Crippen molar-refractivity contribution in [1.29, 1.82) is 0 Å². The van der Waals surface area contributed by atoms with Crippen LogP contribution in [0, 0.1) is 0 Å². The summed E-state index contributed by atoms with van der Waals surface area (Å²) in [5.74, 6) is 5.62. The van der Waals surface area contributed by atoms with E-state index in [0.29, 0.717) is 16.5 Å². The normalized spacial score (nSPS) is 12.4. The predicted molar refractivity (Wildman–Crippen MR) is 81.7 cm³/mol. The van der Waals surface area contributed by atoms with Crippen LogP contribution in [0.15, 0.2) is 42.5 Å². The molecule has 0 saturated heterocycles. The topological polar surface area (TPSA) is 38.0 Å². The summed E-state index contributed by atoms with van der Waals surface area (Å²) >= 11 is 18.2. The zero-order valence-electron chi connectivity index (χ0n) is 10.0. The van der Waals surface area contributed by atoms with Gasteiger partial charge in [0.15, 0.2) is 0 Å². The summed E-state index contributed by atoms with van der Waals surface area (Å²) in [4.78, 5) is 0. The quantitative estimate of drug-likeness (QED) is 0.648. The van der Waals surface area contributed by atoms with Crippen molar-refractivity contribution in [3.05, 3.63) is 68.7 Å². The Labute approximate surface area is 127 Å². The summed E-state index contributed by atoms with van der Waals surface area (Å²) in [6.45, 7) is 0. The molecule has 0 heterocycles. The van der Waals surface area contributed by atoms with Crippen LogP contribution in [0.5, 0.6) is 0 Å². The molecule has 2 nitrogen and oxygen atoms in total. The number of rotatable bonds is 4. The van der Waals surface area contributed by atoms with E-state index in [4.69, 9.17) is 40.6 Å². The predicted octanol–water partition coefficient (Wildman–Crippen LogP) is 4.39. The highest BCUT2D eigenvalue weighted by atomic mass is 35.5. The smallest absolute Gasteiger partial charge is 0.0501 e. The Morgan fingerprint density at radius 3 is 2.21 bits per heavy atom. The van der Waals surface area contributed by atoms with Crippen LogP contribution >= 0.6 is 34.8 Å². The molecule has 0 aliphatic rings. The van der Waals surface area contributed by atoms with Crippen LogP contribution < -0.4 is 11.3 Å². The van der Waals surface area contributed by atoms with Crippen LogP contribution in [0.25, 0.3) is 0 Å². The molecule has 0 radical (unpaired) electrons. The lowest BCUT2D eigenvalue weighted by atomic mass is 9.99. The minimum atomic E-state index is -0.101. The Hall–Kier alpha value is -0.770. The van der Waals surface area contributed by atoms with Crippen molar-refractivity contribution in [2.45, 2.75) is 12.5 Å². The summed E-state index contributed by atoms with van der Waals surface area (Å²) in [5.41, 5.74) is 4.72.